The number of aldehydes is 1. The number of hydrogen-bond acceptors (Lipinski definition) is 2. The third-order valence-electron chi connectivity index (χ3n) is 3.50. The molecule has 0 aliphatic heterocycles. The number of nitrogens with zero attached hydrogens (tertiary/aromatic N) is 1. The summed E-state index contributed by atoms with van der Waals surface area (Å²) in [5, 5.41) is 0. The van der Waals surface area contributed by atoms with Crippen molar-refractivity contribution in [3.05, 3.63) is 0 Å². The predicted octanol–water partition coefficient (Wildman–Crippen LogP) is 2.48. The van der Waals surface area contributed by atoms with Gasteiger partial charge in [-0.3, -0.25) is 0 Å². The molecular formula is C12H23NO. The van der Waals surface area contributed by atoms with Crippen LogP contribution >= 0.6 is 0 Å². The minimum absolute atomic E-state index is 0.0136. The Morgan fingerprint density at radius 3 is 2.29 bits per heavy atom. The second kappa shape index (κ2) is 4.92. The zero-order chi connectivity index (χ0) is 10.6. The summed E-state index contributed by atoms with van der Waals surface area (Å²) in [6.07, 6.45) is 5.87. The second-order valence-electron chi connectivity index (χ2n) is 4.84. The van der Waals surface area contributed by atoms with Crippen LogP contribution in [-0.4, -0.2) is 30.3 Å². The molecule has 2 heteroatoms. The third kappa shape index (κ3) is 2.57. The van der Waals surface area contributed by atoms with Crippen LogP contribution in [0.15, 0.2) is 0 Å². The van der Waals surface area contributed by atoms with E-state index in [-0.39, 0.29) is 5.41 Å². The van der Waals surface area contributed by atoms with Crippen molar-refractivity contribution < 1.29 is 4.79 Å². The van der Waals surface area contributed by atoms with Gasteiger partial charge < -0.3 is 9.69 Å². The molecular weight excluding hydrogens is 174 g/mol. The Bertz CT molecular complexity index is 183. The van der Waals surface area contributed by atoms with Gasteiger partial charge in [-0.2, -0.15) is 0 Å². The van der Waals surface area contributed by atoms with Gasteiger partial charge in [0, 0.05) is 18.0 Å². The van der Waals surface area contributed by atoms with Crippen LogP contribution in [0.25, 0.3) is 0 Å². The predicted molar refractivity (Wildman–Crippen MR) is 59.3 cm³/mol. The van der Waals surface area contributed by atoms with Crippen molar-refractivity contribution in [2.45, 2.75) is 52.5 Å². The Morgan fingerprint density at radius 2 is 1.93 bits per heavy atom. The molecule has 0 aromatic rings. The molecule has 0 spiro atoms. The summed E-state index contributed by atoms with van der Waals surface area (Å²) in [7, 11) is 0. The highest BCUT2D eigenvalue weighted by Gasteiger charge is 2.35. The number of hydrogen-bond donors (Lipinski definition) is 0. The van der Waals surface area contributed by atoms with Crippen LogP contribution in [-0.2, 0) is 4.79 Å². The summed E-state index contributed by atoms with van der Waals surface area (Å²) >= 11 is 0. The average Bonchev–Trinajstić information content (AvgIpc) is 2.63. The maximum Gasteiger partial charge on any atom is 0.127 e. The van der Waals surface area contributed by atoms with Crippen LogP contribution in [0, 0.1) is 5.41 Å². The maximum absolute atomic E-state index is 11.2. The fourth-order valence-corrected chi connectivity index (χ4v) is 2.46. The molecule has 0 aromatic carbocycles. The Morgan fingerprint density at radius 1 is 1.36 bits per heavy atom. The van der Waals surface area contributed by atoms with Crippen LogP contribution in [0.3, 0.4) is 0 Å². The third-order valence-corrected chi connectivity index (χ3v) is 3.50. The average molecular weight is 197 g/mol. The molecule has 0 N–H and O–H groups in total. The SMILES string of the molecule is CCN(CC1(C=O)CCCC1)C(C)C. The van der Waals surface area contributed by atoms with Crippen molar-refractivity contribution >= 4 is 6.29 Å². The maximum atomic E-state index is 11.2. The first-order chi connectivity index (χ1) is 6.63. The van der Waals surface area contributed by atoms with Crippen LogP contribution in [0.4, 0.5) is 0 Å². The van der Waals surface area contributed by atoms with Crippen molar-refractivity contribution in [2.75, 3.05) is 13.1 Å². The Hall–Kier alpha value is -0.370. The van der Waals surface area contributed by atoms with Crippen LogP contribution in [0.5, 0.6) is 0 Å². The molecule has 14 heavy (non-hydrogen) atoms. The molecule has 2 nitrogen and oxygen atoms in total. The first-order valence-electron chi connectivity index (χ1n) is 5.84. The van der Waals surface area contributed by atoms with Crippen molar-refractivity contribution in [1.82, 2.24) is 4.90 Å². The zero-order valence-corrected chi connectivity index (χ0v) is 9.75. The van der Waals surface area contributed by atoms with E-state index >= 15 is 0 Å². The lowest BCUT2D eigenvalue weighted by Crippen LogP contribution is -2.41. The highest BCUT2D eigenvalue weighted by atomic mass is 16.1. The van der Waals surface area contributed by atoms with Crippen molar-refractivity contribution in [3.63, 3.8) is 0 Å². The van der Waals surface area contributed by atoms with E-state index in [0.29, 0.717) is 6.04 Å². The minimum Gasteiger partial charge on any atom is -0.303 e. The number of rotatable bonds is 5. The largest absolute Gasteiger partial charge is 0.303 e. The molecule has 0 atom stereocenters. The van der Waals surface area contributed by atoms with Gasteiger partial charge in [-0.05, 0) is 33.2 Å². The van der Waals surface area contributed by atoms with Gasteiger partial charge in [0.2, 0.25) is 0 Å². The lowest BCUT2D eigenvalue weighted by molar-refractivity contribution is -0.117. The molecule has 0 unspecified atom stereocenters. The monoisotopic (exact) mass is 197 g/mol. The van der Waals surface area contributed by atoms with Gasteiger partial charge in [0.05, 0.1) is 0 Å². The molecule has 0 radical (unpaired) electrons. The van der Waals surface area contributed by atoms with E-state index in [1.54, 1.807) is 0 Å². The molecule has 0 bridgehead atoms. The second-order valence-corrected chi connectivity index (χ2v) is 4.84. The van der Waals surface area contributed by atoms with Gasteiger partial charge in [0.25, 0.3) is 0 Å². The molecule has 82 valence electrons. The first-order valence-corrected chi connectivity index (χ1v) is 5.84. The van der Waals surface area contributed by atoms with Gasteiger partial charge in [0.1, 0.15) is 6.29 Å². The van der Waals surface area contributed by atoms with E-state index in [9.17, 15) is 4.79 Å². The summed E-state index contributed by atoms with van der Waals surface area (Å²) in [5.41, 5.74) is -0.0136. The lowest BCUT2D eigenvalue weighted by atomic mass is 9.87. The van der Waals surface area contributed by atoms with Gasteiger partial charge >= 0.3 is 0 Å². The lowest BCUT2D eigenvalue weighted by Gasteiger charge is -2.33. The van der Waals surface area contributed by atoms with E-state index in [1.165, 1.54) is 19.1 Å². The summed E-state index contributed by atoms with van der Waals surface area (Å²) in [4.78, 5) is 13.6. The first kappa shape index (κ1) is 11.7. The molecule has 1 rings (SSSR count). The topological polar surface area (TPSA) is 20.3 Å². The van der Waals surface area contributed by atoms with E-state index in [2.05, 4.69) is 25.7 Å². The quantitative estimate of drug-likeness (QED) is 0.631. The van der Waals surface area contributed by atoms with Gasteiger partial charge in [-0.1, -0.05) is 19.8 Å². The Balaban J connectivity index is 2.58. The molecule has 0 heterocycles. The number of carbonyl (C=O) groups is 1. The fraction of sp³-hybridized carbons (Fsp3) is 0.917. The van der Waals surface area contributed by atoms with Crippen LogP contribution < -0.4 is 0 Å². The van der Waals surface area contributed by atoms with Crippen LogP contribution in [0.1, 0.15) is 46.5 Å². The highest BCUT2D eigenvalue weighted by molar-refractivity contribution is 5.60. The molecule has 0 saturated heterocycles. The van der Waals surface area contributed by atoms with E-state index in [0.717, 1.165) is 25.9 Å². The summed E-state index contributed by atoms with van der Waals surface area (Å²) in [5.74, 6) is 0. The number of carbonyl (C=O) groups excluding carboxylic acids is 1. The molecule has 0 amide bonds. The summed E-state index contributed by atoms with van der Waals surface area (Å²) < 4.78 is 0. The normalized spacial score (nSPS) is 20.6. The Kier molecular flexibility index (Phi) is 4.11. The smallest absolute Gasteiger partial charge is 0.127 e. The van der Waals surface area contributed by atoms with Crippen molar-refractivity contribution in [1.29, 1.82) is 0 Å². The van der Waals surface area contributed by atoms with Crippen molar-refractivity contribution in [2.24, 2.45) is 5.41 Å². The zero-order valence-electron chi connectivity index (χ0n) is 9.75. The van der Waals surface area contributed by atoms with Crippen LogP contribution in [0.2, 0.25) is 0 Å². The van der Waals surface area contributed by atoms with Gasteiger partial charge in [0.15, 0.2) is 0 Å². The highest BCUT2D eigenvalue weighted by Crippen LogP contribution is 2.37. The van der Waals surface area contributed by atoms with E-state index in [4.69, 9.17) is 0 Å². The molecule has 1 fully saturated rings. The molecule has 1 aliphatic carbocycles. The summed E-state index contributed by atoms with van der Waals surface area (Å²) in [6, 6.07) is 0.553. The standard InChI is InChI=1S/C12H23NO/c1-4-13(11(2)3)9-12(10-14)7-5-6-8-12/h10-11H,4-9H2,1-3H3. The minimum atomic E-state index is -0.0136. The fourth-order valence-electron chi connectivity index (χ4n) is 2.46. The van der Waals surface area contributed by atoms with E-state index < -0.39 is 0 Å². The molecule has 1 aliphatic rings. The molecule has 1 saturated carbocycles. The van der Waals surface area contributed by atoms with Crippen molar-refractivity contribution in [3.8, 4) is 0 Å². The molecule has 0 aromatic heterocycles. The van der Waals surface area contributed by atoms with Gasteiger partial charge in [-0.25, -0.2) is 0 Å². The van der Waals surface area contributed by atoms with E-state index in [1.807, 2.05) is 0 Å². The van der Waals surface area contributed by atoms with Gasteiger partial charge in [-0.15, -0.1) is 0 Å². The Labute approximate surface area is 87.7 Å². The summed E-state index contributed by atoms with van der Waals surface area (Å²) in [6.45, 7) is 8.60.